The van der Waals surface area contributed by atoms with E-state index < -0.39 is 0 Å². The van der Waals surface area contributed by atoms with Crippen LogP contribution in [0.25, 0.3) is 0 Å². The molecule has 1 fully saturated rings. The fourth-order valence-electron chi connectivity index (χ4n) is 1.94. The van der Waals surface area contributed by atoms with Crippen molar-refractivity contribution < 1.29 is 0 Å². The molecule has 0 saturated carbocycles. The molecule has 1 unspecified atom stereocenters. The van der Waals surface area contributed by atoms with Gasteiger partial charge in [-0.1, -0.05) is 12.8 Å². The summed E-state index contributed by atoms with van der Waals surface area (Å²) in [6.07, 6.45) is 6.69. The fourth-order valence-corrected chi connectivity index (χ4v) is 1.94. The lowest BCUT2D eigenvalue weighted by Gasteiger charge is -2.25. The number of hydrazine groups is 1. The third kappa shape index (κ3) is 3.09. The lowest BCUT2D eigenvalue weighted by Crippen LogP contribution is -2.35. The molecule has 0 aromatic heterocycles. The molecule has 3 nitrogen and oxygen atoms in total. The van der Waals surface area contributed by atoms with Crippen molar-refractivity contribution in [3.8, 4) is 0 Å². The Labute approximate surface area is 75.3 Å². The van der Waals surface area contributed by atoms with E-state index in [-0.39, 0.29) is 0 Å². The zero-order chi connectivity index (χ0) is 8.81. The predicted molar refractivity (Wildman–Crippen MR) is 51.7 cm³/mol. The maximum atomic E-state index is 5.26. The zero-order valence-corrected chi connectivity index (χ0v) is 8.05. The van der Waals surface area contributed by atoms with E-state index in [4.69, 9.17) is 5.84 Å². The summed E-state index contributed by atoms with van der Waals surface area (Å²) >= 11 is 0. The van der Waals surface area contributed by atoms with Gasteiger partial charge in [-0.05, 0) is 32.9 Å². The quantitative estimate of drug-likeness (QED) is 0.485. The minimum atomic E-state index is 0.753. The van der Waals surface area contributed by atoms with Crippen LogP contribution in [0.15, 0.2) is 0 Å². The summed E-state index contributed by atoms with van der Waals surface area (Å²) in [5.41, 5.74) is 2.73. The van der Waals surface area contributed by atoms with E-state index in [1.54, 1.807) is 0 Å². The van der Waals surface area contributed by atoms with Gasteiger partial charge in [0.25, 0.3) is 0 Å². The van der Waals surface area contributed by atoms with Crippen LogP contribution in [0.2, 0.25) is 0 Å². The van der Waals surface area contributed by atoms with Gasteiger partial charge in [0.2, 0.25) is 0 Å². The van der Waals surface area contributed by atoms with E-state index in [9.17, 15) is 0 Å². The van der Waals surface area contributed by atoms with Crippen molar-refractivity contribution >= 4 is 0 Å². The Bertz CT molecular complexity index is 116. The van der Waals surface area contributed by atoms with Gasteiger partial charge in [-0.2, -0.15) is 0 Å². The second-order valence-corrected chi connectivity index (χ2v) is 3.73. The first-order chi connectivity index (χ1) is 5.84. The summed E-state index contributed by atoms with van der Waals surface area (Å²) < 4.78 is 0. The van der Waals surface area contributed by atoms with E-state index in [0.29, 0.717) is 0 Å². The molecule has 1 saturated heterocycles. The molecule has 3 heteroatoms. The van der Waals surface area contributed by atoms with E-state index in [1.165, 1.54) is 38.6 Å². The third-order valence-electron chi connectivity index (χ3n) is 2.79. The Morgan fingerprint density at radius 1 is 1.42 bits per heavy atom. The molecule has 0 aromatic rings. The number of nitrogens with one attached hydrogen (secondary N) is 1. The minimum absolute atomic E-state index is 0.753. The van der Waals surface area contributed by atoms with Gasteiger partial charge in [0.15, 0.2) is 0 Å². The summed E-state index contributed by atoms with van der Waals surface area (Å²) in [7, 11) is 2.23. The molecule has 0 aromatic carbocycles. The Kier molecular flexibility index (Phi) is 4.58. The van der Waals surface area contributed by atoms with Gasteiger partial charge < -0.3 is 4.90 Å². The second-order valence-electron chi connectivity index (χ2n) is 3.73. The van der Waals surface area contributed by atoms with Gasteiger partial charge in [-0.25, -0.2) is 0 Å². The van der Waals surface area contributed by atoms with E-state index in [0.717, 1.165) is 12.6 Å². The highest BCUT2D eigenvalue weighted by Crippen LogP contribution is 2.16. The maximum absolute atomic E-state index is 5.26. The Hall–Kier alpha value is -0.120. The van der Waals surface area contributed by atoms with Gasteiger partial charge in [0.1, 0.15) is 0 Å². The number of nitrogens with two attached hydrogens (primary N) is 1. The number of nitrogens with zero attached hydrogens (tertiary/aromatic N) is 1. The summed E-state index contributed by atoms with van der Waals surface area (Å²) in [5.74, 6) is 5.26. The highest BCUT2D eigenvalue weighted by molar-refractivity contribution is 4.72. The van der Waals surface area contributed by atoms with E-state index in [1.807, 2.05) is 0 Å². The summed E-state index contributed by atoms with van der Waals surface area (Å²) in [6.45, 7) is 2.20. The van der Waals surface area contributed by atoms with Gasteiger partial charge in [-0.15, -0.1) is 0 Å². The van der Waals surface area contributed by atoms with E-state index in [2.05, 4.69) is 17.4 Å². The molecule has 0 bridgehead atoms. The van der Waals surface area contributed by atoms with Crippen molar-refractivity contribution in [2.75, 3.05) is 20.1 Å². The average molecular weight is 171 g/mol. The molecule has 0 aliphatic carbocycles. The standard InChI is InChI=1S/C9H21N3/c1-12-8-4-2-3-5-9(12)6-7-11-10/h9,11H,2-8,10H2,1H3. The molecule has 3 N–H and O–H groups in total. The van der Waals surface area contributed by atoms with Crippen LogP contribution in [0.4, 0.5) is 0 Å². The summed E-state index contributed by atoms with van der Waals surface area (Å²) in [6, 6.07) is 0.753. The van der Waals surface area contributed by atoms with Crippen LogP contribution in [0.1, 0.15) is 32.1 Å². The van der Waals surface area contributed by atoms with Crippen molar-refractivity contribution in [2.24, 2.45) is 5.84 Å². The molecule has 1 aliphatic heterocycles. The van der Waals surface area contributed by atoms with Gasteiger partial charge in [-0.3, -0.25) is 11.3 Å². The first kappa shape index (κ1) is 9.96. The SMILES string of the molecule is CN1CCCCCC1CCNN. The van der Waals surface area contributed by atoms with Crippen molar-refractivity contribution in [3.63, 3.8) is 0 Å². The first-order valence-corrected chi connectivity index (χ1v) is 4.98. The maximum Gasteiger partial charge on any atom is 0.0112 e. The zero-order valence-electron chi connectivity index (χ0n) is 8.05. The first-order valence-electron chi connectivity index (χ1n) is 4.98. The third-order valence-corrected chi connectivity index (χ3v) is 2.79. The Balaban J connectivity index is 2.26. The summed E-state index contributed by atoms with van der Waals surface area (Å²) in [4.78, 5) is 2.48. The normalized spacial score (nSPS) is 27.0. The Morgan fingerprint density at radius 3 is 3.00 bits per heavy atom. The smallest absolute Gasteiger partial charge is 0.0112 e. The number of hydrogen-bond donors (Lipinski definition) is 2. The molecule has 1 atom stereocenters. The monoisotopic (exact) mass is 171 g/mol. The predicted octanol–water partition coefficient (Wildman–Crippen LogP) is 0.714. The molecule has 0 amide bonds. The highest BCUT2D eigenvalue weighted by atomic mass is 15.2. The van der Waals surface area contributed by atoms with Crippen LogP contribution in [-0.4, -0.2) is 31.1 Å². The highest BCUT2D eigenvalue weighted by Gasteiger charge is 2.16. The molecule has 1 heterocycles. The largest absolute Gasteiger partial charge is 0.303 e. The average Bonchev–Trinajstić information content (AvgIpc) is 2.27. The Morgan fingerprint density at radius 2 is 2.25 bits per heavy atom. The molecular weight excluding hydrogens is 150 g/mol. The van der Waals surface area contributed by atoms with Crippen molar-refractivity contribution in [1.29, 1.82) is 0 Å². The number of hydrogen-bond acceptors (Lipinski definition) is 3. The lowest BCUT2D eigenvalue weighted by atomic mass is 10.1. The van der Waals surface area contributed by atoms with Crippen LogP contribution in [0.3, 0.4) is 0 Å². The fraction of sp³-hybridized carbons (Fsp3) is 1.00. The number of likely N-dealkylation sites (tertiary alicyclic amines) is 1. The number of rotatable bonds is 3. The molecule has 1 aliphatic rings. The summed E-state index contributed by atoms with van der Waals surface area (Å²) in [5, 5.41) is 0. The van der Waals surface area contributed by atoms with Gasteiger partial charge >= 0.3 is 0 Å². The molecular formula is C9H21N3. The molecule has 0 spiro atoms. The van der Waals surface area contributed by atoms with Crippen LogP contribution < -0.4 is 11.3 Å². The van der Waals surface area contributed by atoms with Gasteiger partial charge in [0, 0.05) is 12.6 Å². The second kappa shape index (κ2) is 5.51. The molecule has 1 rings (SSSR count). The van der Waals surface area contributed by atoms with Crippen LogP contribution in [0.5, 0.6) is 0 Å². The molecule has 12 heavy (non-hydrogen) atoms. The minimum Gasteiger partial charge on any atom is -0.303 e. The van der Waals surface area contributed by atoms with Crippen molar-refractivity contribution in [2.45, 2.75) is 38.1 Å². The van der Waals surface area contributed by atoms with Crippen molar-refractivity contribution in [3.05, 3.63) is 0 Å². The van der Waals surface area contributed by atoms with Gasteiger partial charge in [0.05, 0.1) is 0 Å². The van der Waals surface area contributed by atoms with Crippen LogP contribution >= 0.6 is 0 Å². The van der Waals surface area contributed by atoms with Crippen LogP contribution in [-0.2, 0) is 0 Å². The van der Waals surface area contributed by atoms with Crippen molar-refractivity contribution in [1.82, 2.24) is 10.3 Å². The topological polar surface area (TPSA) is 41.3 Å². The van der Waals surface area contributed by atoms with Crippen LogP contribution in [0, 0.1) is 0 Å². The molecule has 72 valence electrons. The lowest BCUT2D eigenvalue weighted by molar-refractivity contribution is 0.233. The molecule has 0 radical (unpaired) electrons. The van der Waals surface area contributed by atoms with E-state index >= 15 is 0 Å².